The van der Waals surface area contributed by atoms with Crippen LogP contribution in [0.3, 0.4) is 0 Å². The predicted molar refractivity (Wildman–Crippen MR) is 68.2 cm³/mol. The molecular formula is C14H13ClO. The number of carbonyl (C=O) groups excluding carboxylic acids is 1. The van der Waals surface area contributed by atoms with Gasteiger partial charge in [-0.05, 0) is 16.8 Å². The topological polar surface area (TPSA) is 17.1 Å². The van der Waals surface area contributed by atoms with Crippen molar-refractivity contribution in [3.8, 4) is 0 Å². The second-order valence-electron chi connectivity index (χ2n) is 3.98. The molecule has 2 rings (SSSR count). The van der Waals surface area contributed by atoms with Gasteiger partial charge in [0.15, 0.2) is 5.78 Å². The number of carbonyl (C=O) groups is 1. The minimum absolute atomic E-state index is 0.112. The molecule has 0 aliphatic carbocycles. The van der Waals surface area contributed by atoms with Gasteiger partial charge in [0.25, 0.3) is 0 Å². The Morgan fingerprint density at radius 3 is 2.56 bits per heavy atom. The van der Waals surface area contributed by atoms with E-state index in [0.717, 1.165) is 16.3 Å². The summed E-state index contributed by atoms with van der Waals surface area (Å²) in [4.78, 5) is 11.9. The first-order chi connectivity index (χ1) is 7.72. The van der Waals surface area contributed by atoms with Crippen LogP contribution in [0, 0.1) is 5.92 Å². The molecule has 0 saturated carbocycles. The predicted octanol–water partition coefficient (Wildman–Crippen LogP) is 3.90. The Balaban J connectivity index is 2.43. The molecule has 1 nitrogen and oxygen atoms in total. The summed E-state index contributed by atoms with van der Waals surface area (Å²) in [5, 5.41) is 2.24. The molecule has 0 radical (unpaired) electrons. The quantitative estimate of drug-likeness (QED) is 0.580. The van der Waals surface area contributed by atoms with Gasteiger partial charge < -0.3 is 0 Å². The standard InChI is InChI=1S/C14H13ClO/c1-10(9-15)14(16)13-7-6-11-4-2-3-5-12(11)8-13/h2-8,10H,9H2,1H3. The SMILES string of the molecule is CC(CCl)C(=O)c1ccc2ccccc2c1. The van der Waals surface area contributed by atoms with Gasteiger partial charge in [-0.15, -0.1) is 11.6 Å². The zero-order valence-electron chi connectivity index (χ0n) is 9.11. The Morgan fingerprint density at radius 2 is 1.88 bits per heavy atom. The smallest absolute Gasteiger partial charge is 0.166 e. The van der Waals surface area contributed by atoms with Crippen LogP contribution in [0.1, 0.15) is 17.3 Å². The number of alkyl halides is 1. The molecule has 0 heterocycles. The normalized spacial score (nSPS) is 12.6. The van der Waals surface area contributed by atoms with Crippen molar-refractivity contribution in [1.82, 2.24) is 0 Å². The molecule has 0 spiro atoms. The highest BCUT2D eigenvalue weighted by atomic mass is 35.5. The van der Waals surface area contributed by atoms with E-state index in [2.05, 4.69) is 0 Å². The third-order valence-electron chi connectivity index (χ3n) is 2.71. The zero-order chi connectivity index (χ0) is 11.5. The third-order valence-corrected chi connectivity index (χ3v) is 3.18. The van der Waals surface area contributed by atoms with Crippen molar-refractivity contribution in [2.75, 3.05) is 5.88 Å². The maximum absolute atomic E-state index is 11.9. The van der Waals surface area contributed by atoms with Crippen LogP contribution in [0.5, 0.6) is 0 Å². The summed E-state index contributed by atoms with van der Waals surface area (Å²) in [6.07, 6.45) is 0. The zero-order valence-corrected chi connectivity index (χ0v) is 9.87. The number of rotatable bonds is 3. The van der Waals surface area contributed by atoms with E-state index in [4.69, 9.17) is 11.6 Å². The van der Waals surface area contributed by atoms with Gasteiger partial charge in [-0.3, -0.25) is 4.79 Å². The fourth-order valence-electron chi connectivity index (χ4n) is 1.70. The Kier molecular flexibility index (Phi) is 3.25. The molecule has 2 aromatic carbocycles. The summed E-state index contributed by atoms with van der Waals surface area (Å²) in [5.41, 5.74) is 0.742. The van der Waals surface area contributed by atoms with Gasteiger partial charge in [0.2, 0.25) is 0 Å². The summed E-state index contributed by atoms with van der Waals surface area (Å²) >= 11 is 5.69. The maximum atomic E-state index is 11.9. The molecule has 0 N–H and O–H groups in total. The van der Waals surface area contributed by atoms with Crippen molar-refractivity contribution in [3.63, 3.8) is 0 Å². The lowest BCUT2D eigenvalue weighted by atomic mass is 9.98. The van der Waals surface area contributed by atoms with E-state index in [9.17, 15) is 4.79 Å². The second-order valence-corrected chi connectivity index (χ2v) is 4.29. The van der Waals surface area contributed by atoms with Crippen molar-refractivity contribution >= 4 is 28.2 Å². The summed E-state index contributed by atoms with van der Waals surface area (Å²) in [5.74, 6) is 0.356. The minimum Gasteiger partial charge on any atom is -0.294 e. The van der Waals surface area contributed by atoms with E-state index >= 15 is 0 Å². The van der Waals surface area contributed by atoms with Gasteiger partial charge in [-0.1, -0.05) is 43.3 Å². The molecule has 0 aromatic heterocycles. The van der Waals surface area contributed by atoms with E-state index in [-0.39, 0.29) is 11.7 Å². The Labute approximate surface area is 100 Å². The Hall–Kier alpha value is -1.34. The summed E-state index contributed by atoms with van der Waals surface area (Å²) < 4.78 is 0. The Morgan fingerprint density at radius 1 is 1.19 bits per heavy atom. The van der Waals surface area contributed by atoms with Crippen LogP contribution in [0.25, 0.3) is 10.8 Å². The third kappa shape index (κ3) is 2.10. The number of halogens is 1. The van der Waals surface area contributed by atoms with Crippen LogP contribution in [0.2, 0.25) is 0 Å². The molecule has 0 bridgehead atoms. The summed E-state index contributed by atoms with van der Waals surface area (Å²) in [7, 11) is 0. The molecule has 82 valence electrons. The highest BCUT2D eigenvalue weighted by Gasteiger charge is 2.13. The van der Waals surface area contributed by atoms with Gasteiger partial charge in [-0.25, -0.2) is 0 Å². The van der Waals surface area contributed by atoms with Crippen LogP contribution in [-0.2, 0) is 0 Å². The lowest BCUT2D eigenvalue weighted by Crippen LogP contribution is -2.12. The van der Waals surface area contributed by atoms with Crippen molar-refractivity contribution in [1.29, 1.82) is 0 Å². The van der Waals surface area contributed by atoms with Crippen molar-refractivity contribution in [3.05, 3.63) is 48.0 Å². The lowest BCUT2D eigenvalue weighted by molar-refractivity contribution is 0.0941. The van der Waals surface area contributed by atoms with Crippen molar-refractivity contribution < 1.29 is 4.79 Å². The number of ketones is 1. The van der Waals surface area contributed by atoms with E-state index < -0.39 is 0 Å². The first-order valence-corrected chi connectivity index (χ1v) is 5.85. The minimum atomic E-state index is -0.122. The van der Waals surface area contributed by atoms with E-state index in [1.54, 1.807) is 0 Å². The molecule has 1 unspecified atom stereocenters. The number of fused-ring (bicyclic) bond motifs is 1. The van der Waals surface area contributed by atoms with Gasteiger partial charge in [0, 0.05) is 17.4 Å². The van der Waals surface area contributed by atoms with Crippen LogP contribution in [0.15, 0.2) is 42.5 Å². The van der Waals surface area contributed by atoms with Gasteiger partial charge in [0.1, 0.15) is 0 Å². The number of Topliss-reactive ketones (excluding diaryl/α,β-unsaturated/α-hetero) is 1. The van der Waals surface area contributed by atoms with Crippen LogP contribution >= 0.6 is 11.6 Å². The second kappa shape index (κ2) is 4.67. The largest absolute Gasteiger partial charge is 0.294 e. The lowest BCUT2D eigenvalue weighted by Gasteiger charge is -2.07. The summed E-state index contributed by atoms with van der Waals surface area (Å²) in [6, 6.07) is 13.8. The first kappa shape index (κ1) is 11.2. The molecule has 1 atom stereocenters. The fourth-order valence-corrected chi connectivity index (χ4v) is 1.84. The molecule has 16 heavy (non-hydrogen) atoms. The van der Waals surface area contributed by atoms with Crippen LogP contribution in [-0.4, -0.2) is 11.7 Å². The highest BCUT2D eigenvalue weighted by Crippen LogP contribution is 2.18. The Bertz CT molecular complexity index is 519. The van der Waals surface area contributed by atoms with Gasteiger partial charge in [0.05, 0.1) is 0 Å². The highest BCUT2D eigenvalue weighted by molar-refractivity contribution is 6.20. The average Bonchev–Trinajstić information content (AvgIpc) is 2.36. The average molecular weight is 233 g/mol. The van der Waals surface area contributed by atoms with E-state index in [1.165, 1.54) is 0 Å². The fraction of sp³-hybridized carbons (Fsp3) is 0.214. The van der Waals surface area contributed by atoms with E-state index in [1.807, 2.05) is 49.4 Å². The van der Waals surface area contributed by atoms with Gasteiger partial charge >= 0.3 is 0 Å². The first-order valence-electron chi connectivity index (χ1n) is 5.31. The molecule has 2 aromatic rings. The monoisotopic (exact) mass is 232 g/mol. The van der Waals surface area contributed by atoms with Crippen molar-refractivity contribution in [2.45, 2.75) is 6.92 Å². The van der Waals surface area contributed by atoms with Crippen LogP contribution in [0.4, 0.5) is 0 Å². The number of hydrogen-bond donors (Lipinski definition) is 0. The summed E-state index contributed by atoms with van der Waals surface area (Å²) in [6.45, 7) is 1.85. The number of benzene rings is 2. The molecule has 0 aliphatic rings. The van der Waals surface area contributed by atoms with Crippen LogP contribution < -0.4 is 0 Å². The number of hydrogen-bond acceptors (Lipinski definition) is 1. The van der Waals surface area contributed by atoms with Gasteiger partial charge in [-0.2, -0.15) is 0 Å². The molecular weight excluding hydrogens is 220 g/mol. The van der Waals surface area contributed by atoms with Crippen molar-refractivity contribution in [2.24, 2.45) is 5.92 Å². The molecule has 0 aliphatic heterocycles. The molecule has 0 fully saturated rings. The van der Waals surface area contributed by atoms with E-state index in [0.29, 0.717) is 5.88 Å². The molecule has 2 heteroatoms. The molecule has 0 amide bonds. The maximum Gasteiger partial charge on any atom is 0.166 e. The molecule has 0 saturated heterocycles.